The van der Waals surface area contributed by atoms with Crippen LogP contribution in [0, 0.1) is 6.92 Å². The predicted molar refractivity (Wildman–Crippen MR) is 102 cm³/mol. The monoisotopic (exact) mass is 416 g/mol. The fourth-order valence-corrected chi connectivity index (χ4v) is 6.60. The van der Waals surface area contributed by atoms with E-state index in [1.165, 1.54) is 20.8 Å². The Morgan fingerprint density at radius 2 is 1.96 bits per heavy atom. The highest BCUT2D eigenvalue weighted by Gasteiger charge is 2.41. The first-order chi connectivity index (χ1) is 11.9. The summed E-state index contributed by atoms with van der Waals surface area (Å²) in [6, 6.07) is 5.52. The fourth-order valence-electron chi connectivity index (χ4n) is 3.39. The van der Waals surface area contributed by atoms with Gasteiger partial charge in [-0.05, 0) is 48.1 Å². The molecule has 1 fully saturated rings. The number of hydrogen-bond acceptors (Lipinski definition) is 4. The predicted octanol–water partition coefficient (Wildman–Crippen LogP) is 3.79. The second-order valence-corrected chi connectivity index (χ2v) is 10.3. The lowest BCUT2D eigenvalue weighted by atomic mass is 10.0. The minimum atomic E-state index is -3.58. The van der Waals surface area contributed by atoms with Gasteiger partial charge in [-0.2, -0.15) is 4.31 Å². The summed E-state index contributed by atoms with van der Waals surface area (Å²) in [7, 11) is -3.58. The van der Waals surface area contributed by atoms with Crippen LogP contribution in [-0.4, -0.2) is 43.3 Å². The van der Waals surface area contributed by atoms with Gasteiger partial charge in [-0.25, -0.2) is 8.42 Å². The maximum absolute atomic E-state index is 12.9. The second-order valence-electron chi connectivity index (χ2n) is 6.60. The fraction of sp³-hybridized carbons (Fsp3) is 0.412. The van der Waals surface area contributed by atoms with E-state index in [9.17, 15) is 8.42 Å². The van der Waals surface area contributed by atoms with Crippen LogP contribution in [0.5, 0.6) is 0 Å². The number of rotatable bonds is 3. The third-order valence-electron chi connectivity index (χ3n) is 5.01. The van der Waals surface area contributed by atoms with Crippen molar-refractivity contribution >= 4 is 44.6 Å². The number of nitrogens with zero attached hydrogens (tertiary/aromatic N) is 2. The number of hydrogen-bond donors (Lipinski definition) is 0. The number of benzene rings is 1. The maximum atomic E-state index is 12.9. The standard InChI is InChI=1S/C17H18Cl2N2O2S2/c1-11-6-17(15(19)7-14(11)18)25(22,23)21-9-13(10-21)20-4-2-16-12(8-20)3-5-24-16/h3,5-7,13H,2,4,8-10H2,1H3. The topological polar surface area (TPSA) is 40.6 Å². The highest BCUT2D eigenvalue weighted by molar-refractivity contribution is 7.89. The van der Waals surface area contributed by atoms with Gasteiger partial charge in [0.15, 0.2) is 0 Å². The Kier molecular flexibility index (Phi) is 4.63. The van der Waals surface area contributed by atoms with Crippen LogP contribution in [0.2, 0.25) is 10.0 Å². The van der Waals surface area contributed by atoms with E-state index in [2.05, 4.69) is 16.3 Å². The van der Waals surface area contributed by atoms with Gasteiger partial charge < -0.3 is 0 Å². The van der Waals surface area contributed by atoms with E-state index in [0.29, 0.717) is 23.7 Å². The van der Waals surface area contributed by atoms with E-state index in [1.807, 2.05) is 11.3 Å². The van der Waals surface area contributed by atoms with E-state index < -0.39 is 10.0 Å². The van der Waals surface area contributed by atoms with Crippen molar-refractivity contribution in [2.24, 2.45) is 0 Å². The summed E-state index contributed by atoms with van der Waals surface area (Å²) < 4.78 is 27.2. The van der Waals surface area contributed by atoms with Gasteiger partial charge in [-0.15, -0.1) is 11.3 Å². The molecule has 0 amide bonds. The molecular formula is C17H18Cl2N2O2S2. The summed E-state index contributed by atoms with van der Waals surface area (Å²) in [4.78, 5) is 3.99. The normalized spacial score (nSPS) is 19.6. The Balaban J connectivity index is 1.48. The molecule has 0 unspecified atom stereocenters. The summed E-state index contributed by atoms with van der Waals surface area (Å²) >= 11 is 14.0. The van der Waals surface area contributed by atoms with Crippen LogP contribution in [-0.2, 0) is 23.0 Å². The van der Waals surface area contributed by atoms with Gasteiger partial charge in [-0.1, -0.05) is 23.2 Å². The van der Waals surface area contributed by atoms with Crippen LogP contribution in [0.25, 0.3) is 0 Å². The van der Waals surface area contributed by atoms with E-state index >= 15 is 0 Å². The SMILES string of the molecule is Cc1cc(S(=O)(=O)N2CC(N3CCc4sccc4C3)C2)c(Cl)cc1Cl. The van der Waals surface area contributed by atoms with Crippen LogP contribution in [0.15, 0.2) is 28.5 Å². The highest BCUT2D eigenvalue weighted by Crippen LogP contribution is 2.34. The minimum absolute atomic E-state index is 0.147. The smallest absolute Gasteiger partial charge is 0.244 e. The highest BCUT2D eigenvalue weighted by atomic mass is 35.5. The zero-order valence-corrected chi connectivity index (χ0v) is 16.9. The Hall–Kier alpha value is -0.630. The Labute approximate surface area is 162 Å². The molecule has 25 heavy (non-hydrogen) atoms. The molecule has 0 radical (unpaired) electrons. The summed E-state index contributed by atoms with van der Waals surface area (Å²) in [5, 5.41) is 2.79. The van der Waals surface area contributed by atoms with Gasteiger partial charge in [0.1, 0.15) is 4.90 Å². The molecule has 1 aromatic heterocycles. The molecule has 2 aliphatic heterocycles. The average molecular weight is 417 g/mol. The summed E-state index contributed by atoms with van der Waals surface area (Å²) in [5.41, 5.74) is 2.09. The summed E-state index contributed by atoms with van der Waals surface area (Å²) in [5.74, 6) is 0. The molecule has 4 rings (SSSR count). The molecule has 1 saturated heterocycles. The van der Waals surface area contributed by atoms with Crippen molar-refractivity contribution in [3.05, 3.63) is 49.6 Å². The van der Waals surface area contributed by atoms with Gasteiger partial charge in [0, 0.05) is 42.1 Å². The molecule has 0 N–H and O–H groups in total. The summed E-state index contributed by atoms with van der Waals surface area (Å²) in [6.07, 6.45) is 1.05. The Morgan fingerprint density at radius 3 is 2.72 bits per heavy atom. The minimum Gasteiger partial charge on any atom is -0.293 e. The van der Waals surface area contributed by atoms with Gasteiger partial charge in [0.25, 0.3) is 0 Å². The molecule has 2 aromatic rings. The zero-order valence-electron chi connectivity index (χ0n) is 13.7. The lowest BCUT2D eigenvalue weighted by Crippen LogP contribution is -2.61. The van der Waals surface area contributed by atoms with Crippen molar-refractivity contribution in [3.8, 4) is 0 Å². The molecule has 8 heteroatoms. The molecular weight excluding hydrogens is 399 g/mol. The molecule has 3 heterocycles. The molecule has 0 saturated carbocycles. The molecule has 0 atom stereocenters. The van der Waals surface area contributed by atoms with Crippen LogP contribution in [0.3, 0.4) is 0 Å². The van der Waals surface area contributed by atoms with E-state index in [-0.39, 0.29) is 16.0 Å². The van der Waals surface area contributed by atoms with Crippen LogP contribution >= 0.6 is 34.5 Å². The van der Waals surface area contributed by atoms with Crippen molar-refractivity contribution in [3.63, 3.8) is 0 Å². The zero-order chi connectivity index (χ0) is 17.8. The molecule has 4 nitrogen and oxygen atoms in total. The molecule has 134 valence electrons. The summed E-state index contributed by atoms with van der Waals surface area (Å²) in [6.45, 7) is 4.72. The number of aryl methyl sites for hydroxylation is 1. The quantitative estimate of drug-likeness (QED) is 0.763. The van der Waals surface area contributed by atoms with E-state index in [1.54, 1.807) is 13.0 Å². The van der Waals surface area contributed by atoms with E-state index in [0.717, 1.165) is 19.5 Å². The third kappa shape index (κ3) is 3.13. The Bertz CT molecular complexity index is 921. The van der Waals surface area contributed by atoms with Gasteiger partial charge in [0.2, 0.25) is 10.0 Å². The molecule has 1 aromatic carbocycles. The van der Waals surface area contributed by atoms with Crippen LogP contribution < -0.4 is 0 Å². The first-order valence-electron chi connectivity index (χ1n) is 8.11. The maximum Gasteiger partial charge on any atom is 0.244 e. The molecule has 0 spiro atoms. The second kappa shape index (κ2) is 6.51. The van der Waals surface area contributed by atoms with Crippen LogP contribution in [0.1, 0.15) is 16.0 Å². The lowest BCUT2D eigenvalue weighted by Gasteiger charge is -2.45. The largest absolute Gasteiger partial charge is 0.293 e. The number of sulfonamides is 1. The Morgan fingerprint density at radius 1 is 1.20 bits per heavy atom. The molecule has 2 aliphatic rings. The van der Waals surface area contributed by atoms with Gasteiger partial charge in [0.05, 0.1) is 5.02 Å². The lowest BCUT2D eigenvalue weighted by molar-refractivity contribution is 0.0775. The average Bonchev–Trinajstić information content (AvgIpc) is 2.96. The number of halogens is 2. The van der Waals surface area contributed by atoms with Gasteiger partial charge in [-0.3, -0.25) is 4.90 Å². The van der Waals surface area contributed by atoms with Crippen molar-refractivity contribution < 1.29 is 8.42 Å². The first kappa shape index (κ1) is 17.8. The van der Waals surface area contributed by atoms with Crippen LogP contribution in [0.4, 0.5) is 0 Å². The third-order valence-corrected chi connectivity index (χ3v) is 8.74. The first-order valence-corrected chi connectivity index (χ1v) is 11.2. The molecule has 0 bridgehead atoms. The number of fused-ring (bicyclic) bond motifs is 1. The van der Waals surface area contributed by atoms with Crippen molar-refractivity contribution in [2.75, 3.05) is 19.6 Å². The number of thiophene rings is 1. The van der Waals surface area contributed by atoms with Crippen molar-refractivity contribution in [2.45, 2.75) is 30.8 Å². The van der Waals surface area contributed by atoms with Crippen molar-refractivity contribution in [1.82, 2.24) is 9.21 Å². The van der Waals surface area contributed by atoms with Crippen molar-refractivity contribution in [1.29, 1.82) is 0 Å². The van der Waals surface area contributed by atoms with Gasteiger partial charge >= 0.3 is 0 Å². The van der Waals surface area contributed by atoms with E-state index in [4.69, 9.17) is 23.2 Å². The molecule has 0 aliphatic carbocycles.